The molecule has 0 unspecified atom stereocenters. The van der Waals surface area contributed by atoms with E-state index in [0.717, 1.165) is 21.9 Å². The lowest BCUT2D eigenvalue weighted by atomic mass is 10.2. The van der Waals surface area contributed by atoms with Gasteiger partial charge in [0.2, 0.25) is 0 Å². The molecule has 0 aliphatic rings. The van der Waals surface area contributed by atoms with Crippen molar-refractivity contribution in [1.82, 2.24) is 9.38 Å². The van der Waals surface area contributed by atoms with Crippen LogP contribution >= 0.6 is 27.3 Å². The van der Waals surface area contributed by atoms with E-state index >= 15 is 0 Å². The number of hydrogen-bond donors (Lipinski definition) is 0. The molecule has 4 rings (SSSR count). The van der Waals surface area contributed by atoms with Crippen molar-refractivity contribution in [2.75, 3.05) is 18.5 Å². The van der Waals surface area contributed by atoms with Gasteiger partial charge < -0.3 is 9.47 Å². The molecule has 0 fully saturated rings. The molecule has 2 aromatic heterocycles. The fraction of sp³-hybridized carbons (Fsp3) is 0.200. The molecule has 0 aliphatic carbocycles. The van der Waals surface area contributed by atoms with E-state index in [1.165, 1.54) is 11.3 Å². The smallest absolute Gasteiger partial charge is 0.274 e. The van der Waals surface area contributed by atoms with Crippen LogP contribution in [0.4, 0.5) is 0 Å². The van der Waals surface area contributed by atoms with E-state index in [1.54, 1.807) is 4.40 Å². The summed E-state index contributed by atoms with van der Waals surface area (Å²) >= 11 is 4.74. The Hall–Kier alpha value is -2.38. The van der Waals surface area contributed by atoms with Crippen LogP contribution in [0, 0.1) is 0 Å². The minimum Gasteiger partial charge on any atom is -0.490 e. The Balaban J connectivity index is 1.80. The molecule has 0 spiro atoms. The topological polar surface area (TPSA) is 52.8 Å². The number of benzene rings is 2. The van der Waals surface area contributed by atoms with E-state index in [2.05, 4.69) is 20.9 Å². The zero-order valence-electron chi connectivity index (χ0n) is 14.6. The normalized spacial score (nSPS) is 12.1. The zero-order valence-corrected chi connectivity index (χ0v) is 17.0. The summed E-state index contributed by atoms with van der Waals surface area (Å²) in [6.07, 6.45) is 1.87. The van der Waals surface area contributed by atoms with Crippen molar-refractivity contribution < 1.29 is 9.47 Å². The van der Waals surface area contributed by atoms with Crippen LogP contribution in [-0.2, 0) is 0 Å². The molecule has 5 nitrogen and oxygen atoms in total. The zero-order chi connectivity index (χ0) is 18.8. The Labute approximate surface area is 168 Å². The summed E-state index contributed by atoms with van der Waals surface area (Å²) in [6, 6.07) is 13.4. The van der Waals surface area contributed by atoms with Gasteiger partial charge in [0.15, 0.2) is 16.5 Å². The quantitative estimate of drug-likeness (QED) is 0.426. The Morgan fingerprint density at radius 1 is 1.19 bits per heavy atom. The molecule has 0 radical (unpaired) electrons. The van der Waals surface area contributed by atoms with Crippen molar-refractivity contribution in [3.8, 4) is 11.5 Å². The van der Waals surface area contributed by atoms with Crippen molar-refractivity contribution in [3.05, 3.63) is 62.9 Å². The summed E-state index contributed by atoms with van der Waals surface area (Å²) in [5, 5.41) is 0.745. The second kappa shape index (κ2) is 7.70. The maximum atomic E-state index is 12.9. The van der Waals surface area contributed by atoms with Crippen molar-refractivity contribution >= 4 is 49.3 Å². The van der Waals surface area contributed by atoms with Crippen molar-refractivity contribution in [1.29, 1.82) is 0 Å². The number of imidazole rings is 1. The second-order valence-corrected chi connectivity index (χ2v) is 7.61. The molecule has 138 valence electrons. The third-order valence-corrected chi connectivity index (χ3v) is 5.34. The van der Waals surface area contributed by atoms with Crippen molar-refractivity contribution in [2.45, 2.75) is 6.92 Å². The van der Waals surface area contributed by atoms with E-state index in [0.29, 0.717) is 34.2 Å². The SMILES string of the molecule is CCOc1cc(/C=c2\sc3nc4ccccc4n3c2=O)ccc1OCCBr. The number of nitrogens with zero attached hydrogens (tertiary/aromatic N) is 2. The molecular weight excluding hydrogens is 428 g/mol. The van der Waals surface area contributed by atoms with Crippen LogP contribution in [0.5, 0.6) is 11.5 Å². The first-order valence-corrected chi connectivity index (χ1v) is 10.5. The fourth-order valence-electron chi connectivity index (χ4n) is 2.91. The predicted molar refractivity (Wildman–Crippen MR) is 113 cm³/mol. The van der Waals surface area contributed by atoms with Crippen LogP contribution in [-0.4, -0.2) is 27.9 Å². The van der Waals surface area contributed by atoms with Gasteiger partial charge >= 0.3 is 0 Å². The molecule has 0 saturated carbocycles. The second-order valence-electron chi connectivity index (χ2n) is 5.81. The first-order valence-electron chi connectivity index (χ1n) is 8.58. The highest BCUT2D eigenvalue weighted by Crippen LogP contribution is 2.29. The van der Waals surface area contributed by atoms with Crippen molar-refractivity contribution in [2.24, 2.45) is 0 Å². The van der Waals surface area contributed by atoms with Gasteiger partial charge in [0.1, 0.15) is 0 Å². The lowest BCUT2D eigenvalue weighted by Crippen LogP contribution is -2.22. The standard InChI is InChI=1S/C20H17BrN2O3S/c1-2-25-17-11-13(7-8-16(17)26-10-9-21)12-18-19(24)23-15-6-4-3-5-14(15)22-20(23)27-18/h3-8,11-12H,2,9-10H2,1H3/b18-12-. The lowest BCUT2D eigenvalue weighted by molar-refractivity contribution is 0.290. The summed E-state index contributed by atoms with van der Waals surface area (Å²) in [7, 11) is 0. The van der Waals surface area contributed by atoms with Crippen LogP contribution in [0.3, 0.4) is 0 Å². The van der Waals surface area contributed by atoms with Gasteiger partial charge in [0.25, 0.3) is 5.56 Å². The molecule has 0 saturated heterocycles. The Kier molecular flexibility index (Phi) is 5.13. The highest BCUT2D eigenvalue weighted by molar-refractivity contribution is 9.09. The number of para-hydroxylation sites is 2. The predicted octanol–water partition coefficient (Wildman–Crippen LogP) is 3.63. The monoisotopic (exact) mass is 444 g/mol. The number of ether oxygens (including phenoxy) is 2. The summed E-state index contributed by atoms with van der Waals surface area (Å²) in [6.45, 7) is 3.03. The van der Waals surface area contributed by atoms with E-state index < -0.39 is 0 Å². The van der Waals surface area contributed by atoms with Gasteiger partial charge in [-0.15, -0.1) is 0 Å². The largest absolute Gasteiger partial charge is 0.490 e. The fourth-order valence-corrected chi connectivity index (χ4v) is 4.06. The molecule has 2 aromatic carbocycles. The molecular formula is C20H17BrN2O3S. The summed E-state index contributed by atoms with van der Waals surface area (Å²) < 4.78 is 13.7. The van der Waals surface area contributed by atoms with Gasteiger partial charge in [-0.2, -0.15) is 0 Å². The van der Waals surface area contributed by atoms with Crippen LogP contribution in [0.25, 0.3) is 22.1 Å². The maximum absolute atomic E-state index is 12.9. The highest BCUT2D eigenvalue weighted by Gasteiger charge is 2.11. The average molecular weight is 445 g/mol. The number of thiazole rings is 1. The number of rotatable bonds is 6. The maximum Gasteiger partial charge on any atom is 0.274 e. The average Bonchev–Trinajstić information content (AvgIpc) is 3.18. The van der Waals surface area contributed by atoms with E-state index in [4.69, 9.17) is 9.47 Å². The molecule has 0 amide bonds. The Morgan fingerprint density at radius 2 is 2.04 bits per heavy atom. The Bertz CT molecular complexity index is 1220. The van der Waals surface area contributed by atoms with Gasteiger partial charge in [-0.25, -0.2) is 9.38 Å². The van der Waals surface area contributed by atoms with Crippen molar-refractivity contribution in [3.63, 3.8) is 0 Å². The molecule has 4 aromatic rings. The third kappa shape index (κ3) is 3.44. The van der Waals surface area contributed by atoms with Crippen LogP contribution < -0.4 is 19.6 Å². The van der Waals surface area contributed by atoms with Gasteiger partial charge in [0.05, 0.1) is 28.8 Å². The highest BCUT2D eigenvalue weighted by atomic mass is 79.9. The molecule has 0 bridgehead atoms. The number of alkyl halides is 1. The molecule has 7 heteroatoms. The first-order chi connectivity index (χ1) is 13.2. The van der Waals surface area contributed by atoms with Gasteiger partial charge in [-0.3, -0.25) is 4.79 Å². The number of aromatic nitrogens is 2. The molecule has 2 heterocycles. The van der Waals surface area contributed by atoms with E-state index in [-0.39, 0.29) is 5.56 Å². The lowest BCUT2D eigenvalue weighted by Gasteiger charge is -2.11. The van der Waals surface area contributed by atoms with Gasteiger partial charge in [-0.05, 0) is 42.8 Å². The molecule has 0 atom stereocenters. The molecule has 27 heavy (non-hydrogen) atoms. The van der Waals surface area contributed by atoms with Crippen LogP contribution in [0.2, 0.25) is 0 Å². The first kappa shape index (κ1) is 18.0. The van der Waals surface area contributed by atoms with Crippen LogP contribution in [0.1, 0.15) is 12.5 Å². The van der Waals surface area contributed by atoms with E-state index in [9.17, 15) is 4.79 Å². The number of hydrogen-bond acceptors (Lipinski definition) is 5. The molecule has 0 aliphatic heterocycles. The summed E-state index contributed by atoms with van der Waals surface area (Å²) in [5.74, 6) is 1.37. The third-order valence-electron chi connectivity index (χ3n) is 4.05. The number of halogens is 1. The summed E-state index contributed by atoms with van der Waals surface area (Å²) in [5.41, 5.74) is 2.50. The minimum absolute atomic E-state index is 0.0544. The minimum atomic E-state index is -0.0544. The molecule has 0 N–H and O–H groups in total. The summed E-state index contributed by atoms with van der Waals surface area (Å²) in [4.78, 5) is 18.1. The Morgan fingerprint density at radius 3 is 2.85 bits per heavy atom. The van der Waals surface area contributed by atoms with Gasteiger partial charge in [0, 0.05) is 5.33 Å². The van der Waals surface area contributed by atoms with E-state index in [1.807, 2.05) is 55.5 Å². The number of fused-ring (bicyclic) bond motifs is 3. The van der Waals surface area contributed by atoms with Gasteiger partial charge in [-0.1, -0.05) is 45.5 Å². The van der Waals surface area contributed by atoms with Crippen LogP contribution in [0.15, 0.2) is 47.3 Å².